The van der Waals surface area contributed by atoms with Crippen LogP contribution in [0, 0.1) is 64.9 Å². The Kier molecular flexibility index (Phi) is 48.0. The molecule has 0 aliphatic heterocycles. The first kappa shape index (κ1) is 117. The smallest absolute Gasteiger partial charge is 0.263 e. The first-order valence-electron chi connectivity index (χ1n) is 33.4. The molecule has 30 nitrogen and oxygen atoms in total. The summed E-state index contributed by atoms with van der Waals surface area (Å²) in [7, 11) is -8.07. The van der Waals surface area contributed by atoms with Gasteiger partial charge in [0.05, 0.1) is 102 Å². The largest absolute Gasteiger partial charge is 0.382 e. The van der Waals surface area contributed by atoms with Gasteiger partial charge in [-0.3, -0.25) is 56.6 Å². The molecule has 6 aromatic heterocycles. The molecular weight excluding hydrogens is 2440 g/mol. The molecule has 124 heavy (non-hydrogen) atoms. The maximum absolute atomic E-state index is 13.4. The first-order chi connectivity index (χ1) is 53.9. The monoisotopic (exact) mass is 2530 g/mol. The van der Waals surface area contributed by atoms with E-state index in [1.807, 2.05) is 0 Å². The van der Waals surface area contributed by atoms with Gasteiger partial charge in [-0.15, -0.1) is 0 Å². The Morgan fingerprint density at radius 1 is 0.403 bits per heavy atom. The summed E-state index contributed by atoms with van der Waals surface area (Å²) >= 11 is 18.0. The van der Waals surface area contributed by atoms with Crippen LogP contribution in [0.25, 0.3) is 66.1 Å². The summed E-state index contributed by atoms with van der Waals surface area (Å²) < 4.78 is 139. The Hall–Kier alpha value is -9.06. The number of sulfonamides is 3. The number of hydrogen-bond donors (Lipinski definition) is 9. The van der Waals surface area contributed by atoms with Gasteiger partial charge in [0.25, 0.3) is 46.7 Å². The third-order valence-corrected chi connectivity index (χ3v) is 22.5. The Balaban J connectivity index is 0. The van der Waals surface area contributed by atoms with E-state index < -0.39 is 65.3 Å². The maximum Gasteiger partial charge on any atom is 0.263 e. The van der Waals surface area contributed by atoms with E-state index >= 15 is 0 Å². The standard InChI is InChI=1S/3C24H22ClFN6O4S.CH3FS.2CH4.4CH3.4W/c3*1-13(23(33)28-2)11-32-12-30-19-5-3-14(7-17(19)24(32)34)15-8-20(22(27)29-10-15)31-37(35,36)21-6-4-16(26)9-18(21)25;1-3-2;;;;;;;;;;/h3*3-10,12-13,31H,11H2,1-2H3,(H2,27,29)(H,28,33);1H3;2*1H4;4*1H3;;;;/q;;;;;;4*-1;;;;/t2*13-;;;;;;;;;;;;/m10............/s1. The minimum absolute atomic E-state index is 0. The molecule has 12 aromatic rings. The van der Waals surface area contributed by atoms with Gasteiger partial charge in [0.2, 0.25) is 17.7 Å². The summed E-state index contributed by atoms with van der Waals surface area (Å²) in [4.78, 5) is 99.1. The number of nitrogens with one attached hydrogen (secondary N) is 6. The van der Waals surface area contributed by atoms with Crippen molar-refractivity contribution in [2.45, 2.75) is 69.9 Å². The number of halogens is 7. The predicted molar refractivity (Wildman–Crippen MR) is 471 cm³/mol. The zero-order valence-electron chi connectivity index (χ0n) is 66.5. The van der Waals surface area contributed by atoms with E-state index in [2.05, 4.69) is 60.0 Å². The van der Waals surface area contributed by atoms with Crippen LogP contribution in [0.5, 0.6) is 0 Å². The number of nitrogens with two attached hydrogens (primary N) is 3. The van der Waals surface area contributed by atoms with E-state index in [1.165, 1.54) is 96.9 Å². The number of anilines is 6. The first-order valence-corrected chi connectivity index (χ1v) is 40.1. The molecule has 3 atom stereocenters. The van der Waals surface area contributed by atoms with E-state index in [4.69, 9.17) is 52.0 Å². The maximum atomic E-state index is 13.4. The Morgan fingerprint density at radius 3 is 0.839 bits per heavy atom. The number of amides is 3. The van der Waals surface area contributed by atoms with Crippen molar-refractivity contribution in [1.82, 2.24) is 59.6 Å². The molecule has 6 heterocycles. The van der Waals surface area contributed by atoms with E-state index in [0.29, 0.717) is 66.1 Å². The van der Waals surface area contributed by atoms with Crippen molar-refractivity contribution in [3.8, 4) is 33.4 Å². The van der Waals surface area contributed by atoms with Crippen molar-refractivity contribution in [3.05, 3.63) is 258 Å². The molecule has 668 valence electrons. The van der Waals surface area contributed by atoms with Crippen molar-refractivity contribution in [2.24, 2.45) is 17.8 Å². The van der Waals surface area contributed by atoms with Crippen LogP contribution in [0.3, 0.4) is 0 Å². The fraction of sp³-hybridized carbons (Fsp3) is 0.190. The molecule has 6 aromatic carbocycles. The molecule has 12 rings (SSSR count). The quantitative estimate of drug-likeness (QED) is 0.0238. The predicted octanol–water partition coefficient (Wildman–Crippen LogP) is 13.3. The molecule has 1 unspecified atom stereocenters. The average Bonchev–Trinajstić information content (AvgIpc) is 0.789. The molecule has 0 saturated carbocycles. The fourth-order valence-corrected chi connectivity index (χ4v) is 15.9. The van der Waals surface area contributed by atoms with Crippen LogP contribution in [0.15, 0.2) is 194 Å². The Morgan fingerprint density at radius 2 is 0.629 bits per heavy atom. The van der Waals surface area contributed by atoms with Gasteiger partial charge < -0.3 is 62.9 Å². The van der Waals surface area contributed by atoms with E-state index in [9.17, 15) is 71.1 Å². The molecule has 12 N–H and O–H groups in total. The van der Waals surface area contributed by atoms with Crippen LogP contribution >= 0.6 is 47.0 Å². The summed E-state index contributed by atoms with van der Waals surface area (Å²) in [5, 5.41) is 7.69. The van der Waals surface area contributed by atoms with E-state index in [-0.39, 0.29) is 259 Å². The number of rotatable bonds is 21. The number of pyridine rings is 3. The van der Waals surface area contributed by atoms with Crippen LogP contribution in [-0.2, 0) is 148 Å². The molecule has 0 aliphatic rings. The van der Waals surface area contributed by atoms with Crippen molar-refractivity contribution in [1.29, 1.82) is 0 Å². The van der Waals surface area contributed by atoms with Gasteiger partial charge in [-0.05, 0) is 126 Å². The molecular formula is C79H89Cl3F4N18O12S4W4-4. The molecule has 0 fully saturated rings. The molecule has 3 amide bonds. The second-order valence-electron chi connectivity index (χ2n) is 25.0. The number of hydrogen-bond acceptors (Lipinski definition) is 22. The summed E-state index contributed by atoms with van der Waals surface area (Å²) in [6.07, 6.45) is 9.84. The van der Waals surface area contributed by atoms with Crippen molar-refractivity contribution in [3.63, 3.8) is 0 Å². The SMILES string of the molecule is C.C.CNC(=O)C(C)Cn1cnc2ccc(-c3cnc(N)c(NS(=O)(=O)c4ccc(F)cc4Cl)c3)cc2c1=O.CNC(=O)[C@@H](C)Cn1cnc2ccc(-c3cnc(N)c(NS(=O)(=O)c4ccc(F)cc4Cl)c3)cc2c1=O.CNC(=O)[C@H](C)Cn1cnc2ccc(-c3cnc(N)c(NS(=O)(=O)c4ccc(F)cc4Cl)c3)cc2c1=O.CSF.[CH3-].[CH3-].[CH3-].[CH3-].[W].[W].[W].[W]. The van der Waals surface area contributed by atoms with E-state index in [1.54, 1.807) is 75.4 Å². The van der Waals surface area contributed by atoms with Crippen LogP contribution in [0.4, 0.5) is 51.6 Å². The third kappa shape index (κ3) is 28.7. The van der Waals surface area contributed by atoms with Crippen LogP contribution < -0.4 is 64.0 Å². The summed E-state index contributed by atoms with van der Waals surface area (Å²) in [5.74, 6) is -4.29. The van der Waals surface area contributed by atoms with Crippen LogP contribution in [0.2, 0.25) is 15.1 Å². The van der Waals surface area contributed by atoms with E-state index in [0.717, 1.165) is 54.6 Å². The van der Waals surface area contributed by atoms with Crippen molar-refractivity contribution >= 4 is 162 Å². The van der Waals surface area contributed by atoms with Crippen molar-refractivity contribution < 1.29 is 141 Å². The molecule has 0 saturated heterocycles. The number of carbonyl (C=O) groups is 3. The zero-order valence-corrected chi connectivity index (χ0v) is 83.8. The molecule has 0 radical (unpaired) electrons. The average molecular weight is 2530 g/mol. The van der Waals surface area contributed by atoms with Gasteiger partial charge in [-0.25, -0.2) is 68.3 Å². The second-order valence-corrected chi connectivity index (χ2v) is 31.5. The minimum atomic E-state index is -4.21. The normalized spacial score (nSPS) is 11.2. The number of nitrogen functional groups attached to an aromatic ring is 3. The number of fused-ring (bicyclic) bond motifs is 3. The van der Waals surface area contributed by atoms with Crippen LogP contribution in [0.1, 0.15) is 35.6 Å². The van der Waals surface area contributed by atoms with Gasteiger partial charge in [0.15, 0.2) is 0 Å². The Bertz CT molecular complexity index is 5730. The molecule has 0 spiro atoms. The third-order valence-electron chi connectivity index (χ3n) is 17.0. The van der Waals surface area contributed by atoms with Crippen LogP contribution in [-0.4, -0.2) is 114 Å². The number of carbonyl (C=O) groups excluding carboxylic acids is 3. The molecule has 0 aliphatic carbocycles. The van der Waals surface area contributed by atoms with Crippen molar-refractivity contribution in [2.75, 3.05) is 58.8 Å². The molecule has 45 heteroatoms. The van der Waals surface area contributed by atoms with Gasteiger partial charge in [0.1, 0.15) is 49.6 Å². The summed E-state index contributed by atoms with van der Waals surface area (Å²) in [6, 6.07) is 28.0. The van der Waals surface area contributed by atoms with Gasteiger partial charge >= 0.3 is 0 Å². The molecule has 0 bridgehead atoms. The summed E-state index contributed by atoms with van der Waals surface area (Å²) in [6.45, 7) is 5.54. The second kappa shape index (κ2) is 50.9. The zero-order chi connectivity index (χ0) is 83.4. The topological polar surface area (TPSA) is 447 Å². The number of benzene rings is 6. The number of nitrogens with zero attached hydrogens (tertiary/aromatic N) is 9. The van der Waals surface area contributed by atoms with Gasteiger partial charge in [0, 0.05) is 179 Å². The fourth-order valence-electron chi connectivity index (χ4n) is 11.1. The van der Waals surface area contributed by atoms with Gasteiger partial charge in [-0.1, -0.05) is 88.6 Å². The number of aromatic nitrogens is 9. The summed E-state index contributed by atoms with van der Waals surface area (Å²) in [5.41, 5.74) is 21.0. The van der Waals surface area contributed by atoms with Gasteiger partial charge in [-0.2, -0.15) is 3.89 Å². The minimum Gasteiger partial charge on any atom is -0.382 e. The Labute approximate surface area is 793 Å².